The summed E-state index contributed by atoms with van der Waals surface area (Å²) < 4.78 is 13.1. The monoisotopic (exact) mass is 240 g/mol. The molecule has 17 heavy (non-hydrogen) atoms. The van der Waals surface area contributed by atoms with Crippen LogP contribution in [0.4, 0.5) is 4.39 Å². The maximum Gasteiger partial charge on any atom is 0.127 e. The second-order valence-corrected chi connectivity index (χ2v) is 4.71. The van der Waals surface area contributed by atoms with Crippen molar-refractivity contribution in [1.82, 2.24) is 9.80 Å². The predicted octanol–water partition coefficient (Wildman–Crippen LogP) is 1.91. The van der Waals surface area contributed by atoms with E-state index in [0.29, 0.717) is 6.54 Å². The Kier molecular flexibility index (Phi) is 5.38. The van der Waals surface area contributed by atoms with Gasteiger partial charge in [-0.25, -0.2) is 4.39 Å². The number of nitrogens with zero attached hydrogens (tertiary/aromatic N) is 2. The molecule has 0 spiro atoms. The summed E-state index contributed by atoms with van der Waals surface area (Å²) in [7, 11) is 6.09. The van der Waals surface area contributed by atoms with Crippen LogP contribution >= 0.6 is 0 Å². The van der Waals surface area contributed by atoms with Gasteiger partial charge in [-0.05, 0) is 58.3 Å². The molecular weight excluding hydrogens is 219 g/mol. The molecule has 0 heterocycles. The Morgan fingerprint density at radius 2 is 1.82 bits per heavy atom. The van der Waals surface area contributed by atoms with Gasteiger partial charge in [0, 0.05) is 12.6 Å². The molecule has 0 bridgehead atoms. The average Bonchev–Trinajstić information content (AvgIpc) is 2.14. The highest BCUT2D eigenvalue weighted by Gasteiger charge is 2.04. The minimum Gasteiger partial charge on any atom is -0.508 e. The third kappa shape index (κ3) is 5.65. The molecule has 0 saturated carbocycles. The van der Waals surface area contributed by atoms with E-state index < -0.39 is 0 Å². The fourth-order valence-electron chi connectivity index (χ4n) is 1.77. The van der Waals surface area contributed by atoms with Gasteiger partial charge in [-0.3, -0.25) is 0 Å². The molecule has 0 fully saturated rings. The lowest BCUT2D eigenvalue weighted by Crippen LogP contribution is -2.23. The van der Waals surface area contributed by atoms with Crippen LogP contribution in [0.15, 0.2) is 18.2 Å². The highest BCUT2D eigenvalue weighted by atomic mass is 19.1. The highest BCUT2D eigenvalue weighted by Crippen LogP contribution is 2.15. The number of hydrogen-bond donors (Lipinski definition) is 1. The summed E-state index contributed by atoms with van der Waals surface area (Å²) in [5.41, 5.74) is 0.801. The largest absolute Gasteiger partial charge is 0.508 e. The minimum absolute atomic E-state index is 0.0123. The van der Waals surface area contributed by atoms with Crippen LogP contribution in [0.25, 0.3) is 0 Å². The van der Waals surface area contributed by atoms with Crippen molar-refractivity contribution in [3.05, 3.63) is 29.6 Å². The number of aromatic hydroxyl groups is 1. The maximum atomic E-state index is 13.1. The molecule has 0 aliphatic heterocycles. The minimum atomic E-state index is -0.387. The maximum absolute atomic E-state index is 13.1. The van der Waals surface area contributed by atoms with Crippen LogP contribution in [-0.2, 0) is 6.54 Å². The summed E-state index contributed by atoms with van der Waals surface area (Å²) in [6.45, 7) is 2.65. The van der Waals surface area contributed by atoms with Crippen LogP contribution in [0.1, 0.15) is 12.0 Å². The zero-order chi connectivity index (χ0) is 12.8. The third-order valence-corrected chi connectivity index (χ3v) is 2.54. The fourth-order valence-corrected chi connectivity index (χ4v) is 1.77. The van der Waals surface area contributed by atoms with Crippen molar-refractivity contribution < 1.29 is 9.50 Å². The molecule has 0 unspecified atom stereocenters. The number of halogens is 1. The van der Waals surface area contributed by atoms with Crippen molar-refractivity contribution >= 4 is 0 Å². The number of benzene rings is 1. The molecule has 0 radical (unpaired) electrons. The summed E-state index contributed by atoms with van der Waals surface area (Å²) in [5, 5.41) is 9.29. The summed E-state index contributed by atoms with van der Waals surface area (Å²) >= 11 is 0. The van der Waals surface area contributed by atoms with Crippen LogP contribution in [0.5, 0.6) is 5.75 Å². The molecular formula is C13H21FN2O. The van der Waals surface area contributed by atoms with Gasteiger partial charge in [0.15, 0.2) is 0 Å². The van der Waals surface area contributed by atoms with Crippen molar-refractivity contribution in [2.75, 3.05) is 34.2 Å². The Morgan fingerprint density at radius 3 is 2.41 bits per heavy atom. The predicted molar refractivity (Wildman–Crippen MR) is 67.6 cm³/mol. The van der Waals surface area contributed by atoms with Gasteiger partial charge in [-0.15, -0.1) is 0 Å². The van der Waals surface area contributed by atoms with Crippen molar-refractivity contribution in [3.8, 4) is 5.75 Å². The SMILES string of the molecule is CN(C)CCCN(C)Cc1cc(O)cc(F)c1. The van der Waals surface area contributed by atoms with E-state index in [1.165, 1.54) is 6.07 Å². The summed E-state index contributed by atoms with van der Waals surface area (Å²) in [6.07, 6.45) is 1.07. The standard InChI is InChI=1S/C13H21FN2O/c1-15(2)5-4-6-16(3)10-11-7-12(14)9-13(17)8-11/h7-9,17H,4-6,10H2,1-3H3. The molecule has 0 aliphatic rings. The highest BCUT2D eigenvalue weighted by molar-refractivity contribution is 5.28. The molecule has 0 aromatic heterocycles. The molecule has 0 aliphatic carbocycles. The van der Waals surface area contributed by atoms with Gasteiger partial charge in [0.1, 0.15) is 11.6 Å². The Bertz CT molecular complexity index is 335. The van der Waals surface area contributed by atoms with E-state index in [1.807, 2.05) is 21.1 Å². The van der Waals surface area contributed by atoms with Gasteiger partial charge < -0.3 is 14.9 Å². The topological polar surface area (TPSA) is 26.7 Å². The normalized spacial score (nSPS) is 11.4. The molecule has 1 aromatic carbocycles. The van der Waals surface area contributed by atoms with Gasteiger partial charge in [0.25, 0.3) is 0 Å². The van der Waals surface area contributed by atoms with E-state index >= 15 is 0 Å². The second kappa shape index (κ2) is 6.57. The number of phenolic OH excluding ortho intramolecular Hbond substituents is 1. The first kappa shape index (κ1) is 13.9. The molecule has 1 N–H and O–H groups in total. The van der Waals surface area contributed by atoms with Crippen molar-refractivity contribution in [3.63, 3.8) is 0 Å². The summed E-state index contributed by atoms with van der Waals surface area (Å²) in [5.74, 6) is -0.400. The quantitative estimate of drug-likeness (QED) is 0.823. The lowest BCUT2D eigenvalue weighted by molar-refractivity contribution is 0.294. The van der Waals surface area contributed by atoms with E-state index in [0.717, 1.165) is 31.1 Å². The van der Waals surface area contributed by atoms with E-state index in [2.05, 4.69) is 9.80 Å². The zero-order valence-corrected chi connectivity index (χ0v) is 10.8. The van der Waals surface area contributed by atoms with E-state index in [1.54, 1.807) is 6.07 Å². The van der Waals surface area contributed by atoms with Crippen LogP contribution in [0.2, 0.25) is 0 Å². The van der Waals surface area contributed by atoms with Crippen molar-refractivity contribution in [1.29, 1.82) is 0 Å². The van der Waals surface area contributed by atoms with Crippen molar-refractivity contribution in [2.45, 2.75) is 13.0 Å². The zero-order valence-electron chi connectivity index (χ0n) is 10.8. The smallest absolute Gasteiger partial charge is 0.127 e. The lowest BCUT2D eigenvalue weighted by Gasteiger charge is -2.18. The van der Waals surface area contributed by atoms with Crippen LogP contribution < -0.4 is 0 Å². The first-order valence-corrected chi connectivity index (χ1v) is 5.79. The van der Waals surface area contributed by atoms with E-state index in [4.69, 9.17) is 0 Å². The van der Waals surface area contributed by atoms with Gasteiger partial charge >= 0.3 is 0 Å². The Labute approximate surface area is 102 Å². The Hall–Kier alpha value is -1.13. The van der Waals surface area contributed by atoms with Crippen LogP contribution in [0, 0.1) is 5.82 Å². The summed E-state index contributed by atoms with van der Waals surface area (Å²) in [6, 6.07) is 4.18. The molecule has 4 heteroatoms. The van der Waals surface area contributed by atoms with E-state index in [-0.39, 0.29) is 11.6 Å². The number of phenols is 1. The van der Waals surface area contributed by atoms with Gasteiger partial charge in [0.2, 0.25) is 0 Å². The molecule has 1 rings (SSSR count). The number of hydrogen-bond acceptors (Lipinski definition) is 3. The van der Waals surface area contributed by atoms with Gasteiger partial charge in [-0.2, -0.15) is 0 Å². The second-order valence-electron chi connectivity index (χ2n) is 4.71. The lowest BCUT2D eigenvalue weighted by atomic mass is 10.2. The van der Waals surface area contributed by atoms with Gasteiger partial charge in [-0.1, -0.05) is 0 Å². The van der Waals surface area contributed by atoms with E-state index in [9.17, 15) is 9.50 Å². The fraction of sp³-hybridized carbons (Fsp3) is 0.538. The first-order valence-electron chi connectivity index (χ1n) is 5.79. The Morgan fingerprint density at radius 1 is 1.12 bits per heavy atom. The van der Waals surface area contributed by atoms with Crippen molar-refractivity contribution in [2.24, 2.45) is 0 Å². The van der Waals surface area contributed by atoms with Crippen LogP contribution in [-0.4, -0.2) is 49.1 Å². The van der Waals surface area contributed by atoms with Gasteiger partial charge in [0.05, 0.1) is 0 Å². The molecule has 0 atom stereocenters. The molecule has 0 saturated heterocycles. The molecule has 96 valence electrons. The molecule has 0 amide bonds. The Balaban J connectivity index is 2.42. The third-order valence-electron chi connectivity index (χ3n) is 2.54. The summed E-state index contributed by atoms with van der Waals surface area (Å²) in [4.78, 5) is 4.26. The molecule has 3 nitrogen and oxygen atoms in total. The number of rotatable bonds is 6. The first-order chi connectivity index (χ1) is 7.97. The van der Waals surface area contributed by atoms with Crippen LogP contribution in [0.3, 0.4) is 0 Å². The average molecular weight is 240 g/mol. The molecule has 1 aromatic rings.